The van der Waals surface area contributed by atoms with Crippen molar-refractivity contribution in [3.05, 3.63) is 0 Å². The van der Waals surface area contributed by atoms with Crippen molar-refractivity contribution < 1.29 is 4.74 Å². The van der Waals surface area contributed by atoms with Gasteiger partial charge in [-0.05, 0) is 58.3 Å². The fourth-order valence-electron chi connectivity index (χ4n) is 3.92. The number of ether oxygens (including phenoxy) is 1. The molecule has 0 bridgehead atoms. The molecule has 0 saturated carbocycles. The maximum Gasteiger partial charge on any atom is 0.0829 e. The van der Waals surface area contributed by atoms with Gasteiger partial charge in [-0.25, -0.2) is 0 Å². The monoisotopic (exact) mass is 267 g/mol. The zero-order valence-corrected chi connectivity index (χ0v) is 12.3. The number of rotatable bonds is 3. The normalized spacial score (nSPS) is 35.8. The first-order chi connectivity index (χ1) is 9.31. The van der Waals surface area contributed by atoms with Gasteiger partial charge in [0.15, 0.2) is 0 Å². The molecule has 2 atom stereocenters. The molecule has 19 heavy (non-hydrogen) atoms. The molecule has 3 aliphatic rings. The predicted molar refractivity (Wildman–Crippen MR) is 77.4 cm³/mol. The van der Waals surface area contributed by atoms with Crippen LogP contribution in [0.25, 0.3) is 0 Å². The summed E-state index contributed by atoms with van der Waals surface area (Å²) < 4.78 is 5.88. The minimum Gasteiger partial charge on any atom is -0.374 e. The molecule has 2 unspecified atom stereocenters. The Morgan fingerprint density at radius 3 is 2.68 bits per heavy atom. The van der Waals surface area contributed by atoms with Gasteiger partial charge in [-0.2, -0.15) is 0 Å². The molecule has 3 aliphatic heterocycles. The second kappa shape index (κ2) is 6.53. The fourth-order valence-corrected chi connectivity index (χ4v) is 3.92. The lowest BCUT2D eigenvalue weighted by Crippen LogP contribution is -2.48. The van der Waals surface area contributed by atoms with Crippen LogP contribution in [-0.2, 0) is 4.74 Å². The van der Waals surface area contributed by atoms with Crippen LogP contribution >= 0.6 is 0 Å². The lowest BCUT2D eigenvalue weighted by Gasteiger charge is -2.38. The maximum atomic E-state index is 5.88. The number of likely N-dealkylation sites (N-methyl/N-ethyl adjacent to an activating group) is 1. The van der Waals surface area contributed by atoms with E-state index < -0.39 is 0 Å². The Hall–Kier alpha value is -0.160. The molecule has 0 amide bonds. The summed E-state index contributed by atoms with van der Waals surface area (Å²) in [5, 5.41) is 3.68. The fraction of sp³-hybridized carbons (Fsp3) is 1.00. The largest absolute Gasteiger partial charge is 0.374 e. The van der Waals surface area contributed by atoms with Crippen LogP contribution in [0.2, 0.25) is 0 Å². The molecule has 110 valence electrons. The van der Waals surface area contributed by atoms with Crippen LogP contribution < -0.4 is 5.32 Å². The predicted octanol–water partition coefficient (Wildman–Crippen LogP) is 0.781. The summed E-state index contributed by atoms with van der Waals surface area (Å²) in [6, 6.07) is 0.819. The van der Waals surface area contributed by atoms with Crippen molar-refractivity contribution in [1.29, 1.82) is 0 Å². The molecule has 4 heteroatoms. The minimum absolute atomic E-state index is 0.430. The van der Waals surface area contributed by atoms with Crippen LogP contribution in [-0.4, -0.2) is 74.9 Å². The van der Waals surface area contributed by atoms with E-state index in [1.807, 2.05) is 0 Å². The zero-order valence-electron chi connectivity index (χ0n) is 12.3. The van der Waals surface area contributed by atoms with Gasteiger partial charge < -0.3 is 19.9 Å². The molecule has 0 aromatic heterocycles. The van der Waals surface area contributed by atoms with Crippen molar-refractivity contribution in [3.8, 4) is 0 Å². The topological polar surface area (TPSA) is 27.7 Å². The van der Waals surface area contributed by atoms with Crippen LogP contribution in [0.5, 0.6) is 0 Å². The molecule has 1 N–H and O–H groups in total. The molecule has 3 saturated heterocycles. The van der Waals surface area contributed by atoms with Gasteiger partial charge >= 0.3 is 0 Å². The third-order valence-corrected chi connectivity index (χ3v) is 5.10. The Kier molecular flexibility index (Phi) is 4.74. The quantitative estimate of drug-likeness (QED) is 0.818. The highest BCUT2D eigenvalue weighted by molar-refractivity contribution is 4.86. The highest BCUT2D eigenvalue weighted by Crippen LogP contribution is 2.25. The van der Waals surface area contributed by atoms with Gasteiger partial charge in [0.1, 0.15) is 0 Å². The highest BCUT2D eigenvalue weighted by atomic mass is 16.5. The van der Waals surface area contributed by atoms with Crippen molar-refractivity contribution in [2.24, 2.45) is 5.92 Å². The van der Waals surface area contributed by atoms with Gasteiger partial charge in [0.25, 0.3) is 0 Å². The SMILES string of the molecule is CN1CCOC(CN2CCC(C3CCCN3)CC2)C1. The molecular formula is C15H29N3O. The second-order valence-corrected chi connectivity index (χ2v) is 6.60. The smallest absolute Gasteiger partial charge is 0.0829 e. The van der Waals surface area contributed by atoms with E-state index in [4.69, 9.17) is 4.74 Å². The Morgan fingerprint density at radius 1 is 1.16 bits per heavy atom. The number of piperidine rings is 1. The van der Waals surface area contributed by atoms with E-state index in [0.29, 0.717) is 6.10 Å². The van der Waals surface area contributed by atoms with Crippen LogP contribution in [0.15, 0.2) is 0 Å². The standard InChI is InChI=1S/C15H29N3O/c1-17-9-10-19-14(11-17)12-18-7-4-13(5-8-18)15-3-2-6-16-15/h13-16H,2-12H2,1H3. The minimum atomic E-state index is 0.430. The van der Waals surface area contributed by atoms with Crippen molar-refractivity contribution in [2.45, 2.75) is 37.8 Å². The van der Waals surface area contributed by atoms with E-state index >= 15 is 0 Å². The molecule has 0 spiro atoms. The number of nitrogens with zero attached hydrogens (tertiary/aromatic N) is 2. The molecular weight excluding hydrogens is 238 g/mol. The molecule has 3 rings (SSSR count). The lowest BCUT2D eigenvalue weighted by molar-refractivity contribution is -0.0398. The highest BCUT2D eigenvalue weighted by Gasteiger charge is 2.29. The average Bonchev–Trinajstić information content (AvgIpc) is 2.94. The van der Waals surface area contributed by atoms with Gasteiger partial charge in [-0.15, -0.1) is 0 Å². The van der Waals surface area contributed by atoms with E-state index in [0.717, 1.165) is 38.2 Å². The summed E-state index contributed by atoms with van der Waals surface area (Å²) in [5.74, 6) is 0.925. The van der Waals surface area contributed by atoms with Gasteiger partial charge in [0, 0.05) is 25.7 Å². The number of hydrogen-bond acceptors (Lipinski definition) is 4. The molecule has 3 heterocycles. The first kappa shape index (κ1) is 13.8. The second-order valence-electron chi connectivity index (χ2n) is 6.60. The maximum absolute atomic E-state index is 5.88. The Bertz CT molecular complexity index is 273. The van der Waals surface area contributed by atoms with E-state index in [-0.39, 0.29) is 0 Å². The Labute approximate surface area is 117 Å². The first-order valence-corrected chi connectivity index (χ1v) is 8.07. The lowest BCUT2D eigenvalue weighted by atomic mass is 9.88. The van der Waals surface area contributed by atoms with Crippen LogP contribution in [0.1, 0.15) is 25.7 Å². The van der Waals surface area contributed by atoms with Gasteiger partial charge in [-0.3, -0.25) is 0 Å². The average molecular weight is 267 g/mol. The van der Waals surface area contributed by atoms with Crippen molar-refractivity contribution in [2.75, 3.05) is 52.9 Å². The molecule has 0 aromatic rings. The third-order valence-electron chi connectivity index (χ3n) is 5.10. The number of likely N-dealkylation sites (tertiary alicyclic amines) is 1. The van der Waals surface area contributed by atoms with Crippen molar-refractivity contribution >= 4 is 0 Å². The molecule has 0 radical (unpaired) electrons. The Morgan fingerprint density at radius 2 is 2.00 bits per heavy atom. The van der Waals surface area contributed by atoms with Gasteiger partial charge in [-0.1, -0.05) is 0 Å². The molecule has 0 aliphatic carbocycles. The van der Waals surface area contributed by atoms with Crippen LogP contribution in [0.3, 0.4) is 0 Å². The summed E-state index contributed by atoms with van der Waals surface area (Å²) in [6.07, 6.45) is 5.97. The number of nitrogens with one attached hydrogen (secondary N) is 1. The van der Waals surface area contributed by atoms with E-state index in [9.17, 15) is 0 Å². The summed E-state index contributed by atoms with van der Waals surface area (Å²) in [6.45, 7) is 8.01. The summed E-state index contributed by atoms with van der Waals surface area (Å²) >= 11 is 0. The molecule has 4 nitrogen and oxygen atoms in total. The van der Waals surface area contributed by atoms with Crippen LogP contribution in [0.4, 0.5) is 0 Å². The van der Waals surface area contributed by atoms with E-state index in [2.05, 4.69) is 22.2 Å². The Balaban J connectivity index is 1.40. The van der Waals surface area contributed by atoms with Gasteiger partial charge in [0.05, 0.1) is 12.7 Å². The van der Waals surface area contributed by atoms with Crippen LogP contribution in [0, 0.1) is 5.92 Å². The molecule has 3 fully saturated rings. The van der Waals surface area contributed by atoms with E-state index in [1.54, 1.807) is 0 Å². The van der Waals surface area contributed by atoms with E-state index in [1.165, 1.54) is 45.3 Å². The molecule has 0 aromatic carbocycles. The van der Waals surface area contributed by atoms with Crippen molar-refractivity contribution in [3.63, 3.8) is 0 Å². The first-order valence-electron chi connectivity index (χ1n) is 8.07. The zero-order chi connectivity index (χ0) is 13.1. The third kappa shape index (κ3) is 3.69. The van der Waals surface area contributed by atoms with Gasteiger partial charge in [0.2, 0.25) is 0 Å². The summed E-state index contributed by atoms with van der Waals surface area (Å²) in [7, 11) is 2.20. The van der Waals surface area contributed by atoms with Crippen molar-refractivity contribution in [1.82, 2.24) is 15.1 Å². The summed E-state index contributed by atoms with van der Waals surface area (Å²) in [4.78, 5) is 5.01. The summed E-state index contributed by atoms with van der Waals surface area (Å²) in [5.41, 5.74) is 0. The number of hydrogen-bond donors (Lipinski definition) is 1. The number of morpholine rings is 1.